The summed E-state index contributed by atoms with van der Waals surface area (Å²) < 4.78 is 7.82. The fourth-order valence-electron chi connectivity index (χ4n) is 3.44. The lowest BCUT2D eigenvalue weighted by Crippen LogP contribution is -2.35. The standard InChI is InChI=1S/C18H28IN5O3/c1-4-7-20-15-12-16(22-9-21-15)24(10-23-12)17-14(26)13(25)11(27-17)8-18(19,5-2)6-3/h9-11,13-14,17,25-26H,4-8H2,1-3H3,(H,20,21,22)/t11-,13-,14-,17?/m1/s1. The Kier molecular flexibility index (Phi) is 6.54. The monoisotopic (exact) mass is 489 g/mol. The number of aliphatic hydroxyl groups is 2. The summed E-state index contributed by atoms with van der Waals surface area (Å²) >= 11 is 2.44. The summed E-state index contributed by atoms with van der Waals surface area (Å²) in [6.45, 7) is 7.13. The predicted octanol–water partition coefficient (Wildman–Crippen LogP) is 2.65. The molecule has 9 heteroatoms. The van der Waals surface area contributed by atoms with E-state index in [1.54, 1.807) is 10.9 Å². The Morgan fingerprint density at radius 3 is 2.59 bits per heavy atom. The number of anilines is 1. The van der Waals surface area contributed by atoms with Crippen LogP contribution in [0.4, 0.5) is 5.82 Å². The van der Waals surface area contributed by atoms with Gasteiger partial charge in [0.1, 0.15) is 18.5 Å². The van der Waals surface area contributed by atoms with Crippen molar-refractivity contribution in [1.82, 2.24) is 19.5 Å². The van der Waals surface area contributed by atoms with E-state index in [1.165, 1.54) is 6.33 Å². The lowest BCUT2D eigenvalue weighted by molar-refractivity contribution is -0.0393. The van der Waals surface area contributed by atoms with Crippen LogP contribution in [0.15, 0.2) is 12.7 Å². The van der Waals surface area contributed by atoms with Crippen molar-refractivity contribution < 1.29 is 14.9 Å². The molecule has 4 atom stereocenters. The minimum atomic E-state index is -1.04. The second kappa shape index (κ2) is 8.54. The van der Waals surface area contributed by atoms with Gasteiger partial charge in [-0.25, -0.2) is 15.0 Å². The molecule has 27 heavy (non-hydrogen) atoms. The van der Waals surface area contributed by atoms with Gasteiger partial charge in [-0.15, -0.1) is 0 Å². The molecule has 3 rings (SSSR count). The molecule has 1 saturated heterocycles. The Hall–Kier alpha value is -1.04. The molecule has 2 aromatic heterocycles. The molecule has 1 aliphatic rings. The van der Waals surface area contributed by atoms with Crippen LogP contribution in [0.2, 0.25) is 0 Å². The van der Waals surface area contributed by atoms with Crippen molar-refractivity contribution in [3.63, 3.8) is 0 Å². The molecule has 0 saturated carbocycles. The van der Waals surface area contributed by atoms with Crippen LogP contribution in [-0.4, -0.2) is 58.0 Å². The smallest absolute Gasteiger partial charge is 0.167 e. The van der Waals surface area contributed by atoms with Gasteiger partial charge in [0, 0.05) is 9.97 Å². The number of halogens is 1. The summed E-state index contributed by atoms with van der Waals surface area (Å²) in [5, 5.41) is 24.4. The molecule has 8 nitrogen and oxygen atoms in total. The van der Waals surface area contributed by atoms with Crippen LogP contribution in [0, 0.1) is 0 Å². The third-order valence-electron chi connectivity index (χ3n) is 5.35. The topological polar surface area (TPSA) is 105 Å². The fourth-order valence-corrected chi connectivity index (χ4v) is 3.87. The molecule has 3 N–H and O–H groups in total. The molecule has 0 aromatic carbocycles. The molecular weight excluding hydrogens is 461 g/mol. The zero-order chi connectivity index (χ0) is 19.6. The first-order valence-electron chi connectivity index (χ1n) is 9.56. The summed E-state index contributed by atoms with van der Waals surface area (Å²) in [6.07, 6.45) is 3.53. The number of imidazole rings is 1. The van der Waals surface area contributed by atoms with E-state index in [-0.39, 0.29) is 3.42 Å². The molecule has 2 aromatic rings. The third-order valence-corrected chi connectivity index (χ3v) is 7.31. The summed E-state index contributed by atoms with van der Waals surface area (Å²) in [4.78, 5) is 13.0. The largest absolute Gasteiger partial charge is 0.388 e. The van der Waals surface area contributed by atoms with Gasteiger partial charge in [0.05, 0.1) is 12.4 Å². The SMILES string of the molecule is CCCNc1ncnc2c1ncn2C1O[C@H](CC(I)(CC)CC)[C@@H](O)[C@H]1O. The molecule has 1 aliphatic heterocycles. The maximum atomic E-state index is 10.6. The predicted molar refractivity (Wildman–Crippen MR) is 112 cm³/mol. The van der Waals surface area contributed by atoms with Crippen molar-refractivity contribution in [2.45, 2.75) is 74.4 Å². The fraction of sp³-hybridized carbons (Fsp3) is 0.722. The molecular formula is C18H28IN5O3. The van der Waals surface area contributed by atoms with E-state index < -0.39 is 24.5 Å². The Bertz CT molecular complexity index is 767. The summed E-state index contributed by atoms with van der Waals surface area (Å²) in [7, 11) is 0. The molecule has 0 bridgehead atoms. The van der Waals surface area contributed by atoms with E-state index in [1.807, 2.05) is 0 Å². The Balaban J connectivity index is 1.86. The van der Waals surface area contributed by atoms with Crippen molar-refractivity contribution in [2.24, 2.45) is 0 Å². The van der Waals surface area contributed by atoms with Crippen molar-refractivity contribution >= 4 is 39.6 Å². The highest BCUT2D eigenvalue weighted by Gasteiger charge is 2.46. The van der Waals surface area contributed by atoms with Crippen LogP contribution in [0.3, 0.4) is 0 Å². The van der Waals surface area contributed by atoms with Crippen LogP contribution in [0.25, 0.3) is 11.2 Å². The molecule has 1 unspecified atom stereocenters. The second-order valence-corrected chi connectivity index (χ2v) is 9.37. The number of alkyl halides is 1. The lowest BCUT2D eigenvalue weighted by atomic mass is 9.93. The maximum absolute atomic E-state index is 10.6. The first-order valence-corrected chi connectivity index (χ1v) is 10.6. The number of nitrogens with zero attached hydrogens (tertiary/aromatic N) is 4. The number of rotatable bonds is 8. The number of hydrogen-bond donors (Lipinski definition) is 3. The van der Waals surface area contributed by atoms with Gasteiger partial charge in [-0.1, -0.05) is 43.4 Å². The van der Waals surface area contributed by atoms with E-state index in [9.17, 15) is 10.2 Å². The highest BCUT2D eigenvalue weighted by Crippen LogP contribution is 2.40. The van der Waals surface area contributed by atoms with Gasteiger partial charge in [-0.2, -0.15) is 0 Å². The van der Waals surface area contributed by atoms with Crippen LogP contribution in [0.5, 0.6) is 0 Å². The molecule has 3 heterocycles. The summed E-state index contributed by atoms with van der Waals surface area (Å²) in [6, 6.07) is 0. The minimum absolute atomic E-state index is 0.0361. The second-order valence-electron chi connectivity index (χ2n) is 7.08. The lowest BCUT2D eigenvalue weighted by Gasteiger charge is -2.28. The number of aromatic nitrogens is 4. The average molecular weight is 489 g/mol. The summed E-state index contributed by atoms with van der Waals surface area (Å²) in [5.74, 6) is 0.661. The Labute approximate surface area is 172 Å². The van der Waals surface area contributed by atoms with Crippen LogP contribution in [-0.2, 0) is 4.74 Å². The van der Waals surface area contributed by atoms with E-state index >= 15 is 0 Å². The highest BCUT2D eigenvalue weighted by molar-refractivity contribution is 14.1. The zero-order valence-electron chi connectivity index (χ0n) is 16.0. The van der Waals surface area contributed by atoms with Crippen molar-refractivity contribution in [3.8, 4) is 0 Å². The van der Waals surface area contributed by atoms with Gasteiger partial charge in [0.2, 0.25) is 0 Å². The third kappa shape index (κ3) is 4.06. The maximum Gasteiger partial charge on any atom is 0.167 e. The highest BCUT2D eigenvalue weighted by atomic mass is 127. The molecule has 0 aliphatic carbocycles. The first kappa shape index (κ1) is 20.7. The average Bonchev–Trinajstić information content (AvgIpc) is 3.23. The molecule has 0 spiro atoms. The van der Waals surface area contributed by atoms with Gasteiger partial charge in [-0.05, 0) is 25.7 Å². The van der Waals surface area contributed by atoms with Crippen molar-refractivity contribution in [3.05, 3.63) is 12.7 Å². The Morgan fingerprint density at radius 1 is 1.19 bits per heavy atom. The molecule has 0 radical (unpaired) electrons. The van der Waals surface area contributed by atoms with Gasteiger partial charge >= 0.3 is 0 Å². The quantitative estimate of drug-likeness (QED) is 0.387. The number of nitrogens with one attached hydrogen (secondary N) is 1. The van der Waals surface area contributed by atoms with E-state index in [2.05, 4.69) is 63.6 Å². The van der Waals surface area contributed by atoms with Crippen LogP contribution in [0.1, 0.15) is 52.7 Å². The molecule has 1 fully saturated rings. The summed E-state index contributed by atoms with van der Waals surface area (Å²) in [5.41, 5.74) is 1.21. The van der Waals surface area contributed by atoms with E-state index in [0.29, 0.717) is 23.4 Å². The van der Waals surface area contributed by atoms with Gasteiger partial charge in [0.15, 0.2) is 23.2 Å². The van der Waals surface area contributed by atoms with Crippen LogP contribution < -0.4 is 5.32 Å². The first-order chi connectivity index (χ1) is 12.9. The van der Waals surface area contributed by atoms with Crippen LogP contribution >= 0.6 is 22.6 Å². The number of ether oxygens (including phenoxy) is 1. The van der Waals surface area contributed by atoms with E-state index in [4.69, 9.17) is 4.74 Å². The molecule has 0 amide bonds. The normalized spacial score (nSPS) is 26.0. The number of aliphatic hydroxyl groups excluding tert-OH is 2. The van der Waals surface area contributed by atoms with E-state index in [0.717, 1.165) is 25.8 Å². The Morgan fingerprint density at radius 2 is 1.93 bits per heavy atom. The van der Waals surface area contributed by atoms with Crippen molar-refractivity contribution in [1.29, 1.82) is 0 Å². The number of fused-ring (bicyclic) bond motifs is 1. The minimum Gasteiger partial charge on any atom is -0.388 e. The number of hydrogen-bond acceptors (Lipinski definition) is 7. The van der Waals surface area contributed by atoms with Gasteiger partial charge in [0.25, 0.3) is 0 Å². The molecule has 150 valence electrons. The van der Waals surface area contributed by atoms with Gasteiger partial charge in [-0.3, -0.25) is 4.57 Å². The van der Waals surface area contributed by atoms with Crippen molar-refractivity contribution in [2.75, 3.05) is 11.9 Å². The van der Waals surface area contributed by atoms with Gasteiger partial charge < -0.3 is 20.3 Å². The zero-order valence-corrected chi connectivity index (χ0v) is 18.1.